The smallest absolute Gasteiger partial charge is 0.326 e. The number of carbonyl (C=O) groups is 1. The van der Waals surface area contributed by atoms with Gasteiger partial charge in [-0.25, -0.2) is 13.4 Å². The number of carbonyl (C=O) groups excluding carboxylic acids is 1. The first-order chi connectivity index (χ1) is 13.1. The van der Waals surface area contributed by atoms with E-state index >= 15 is 4.39 Å². The number of rotatable bonds is 4. The number of aromatic hydroxyl groups is 1. The second-order valence-electron chi connectivity index (χ2n) is 7.29. The number of hydrogen-bond donors (Lipinski definition) is 3. The maximum atomic E-state index is 15.4. The molecular formula is C17H19FN4O5S. The molecule has 3 N–H and O–H groups in total. The summed E-state index contributed by atoms with van der Waals surface area (Å²) in [5, 5.41) is 13.3. The van der Waals surface area contributed by atoms with Crippen molar-refractivity contribution in [2.75, 3.05) is 16.2 Å². The summed E-state index contributed by atoms with van der Waals surface area (Å²) in [6.07, 6.45) is 1.51. The van der Waals surface area contributed by atoms with Crippen LogP contribution in [0, 0.1) is 5.82 Å². The lowest BCUT2D eigenvalue weighted by Gasteiger charge is -2.21. The van der Waals surface area contributed by atoms with Crippen molar-refractivity contribution in [2.45, 2.75) is 38.8 Å². The summed E-state index contributed by atoms with van der Waals surface area (Å²) in [6, 6.07) is 2.29. The van der Waals surface area contributed by atoms with Crippen LogP contribution in [0.1, 0.15) is 32.7 Å². The van der Waals surface area contributed by atoms with Crippen LogP contribution in [0.25, 0.3) is 10.9 Å². The fraction of sp³-hybridized carbons (Fsp3) is 0.412. The van der Waals surface area contributed by atoms with E-state index in [1.807, 2.05) is 13.8 Å². The van der Waals surface area contributed by atoms with Gasteiger partial charge in [0.2, 0.25) is 0 Å². The van der Waals surface area contributed by atoms with Crippen molar-refractivity contribution in [3.63, 3.8) is 0 Å². The molecule has 28 heavy (non-hydrogen) atoms. The van der Waals surface area contributed by atoms with Crippen LogP contribution in [-0.2, 0) is 15.0 Å². The minimum atomic E-state index is -4.30. The quantitative estimate of drug-likeness (QED) is 0.696. The van der Waals surface area contributed by atoms with Gasteiger partial charge in [0, 0.05) is 23.5 Å². The summed E-state index contributed by atoms with van der Waals surface area (Å²) in [6.45, 7) is 3.02. The number of halogens is 1. The lowest BCUT2D eigenvalue weighted by atomic mass is 10.1. The number of fused-ring (bicyclic) bond motifs is 1. The molecule has 4 rings (SSSR count). The highest BCUT2D eigenvalue weighted by atomic mass is 32.2. The van der Waals surface area contributed by atoms with Gasteiger partial charge in [-0.2, -0.15) is 8.42 Å². The van der Waals surface area contributed by atoms with Gasteiger partial charge in [-0.15, -0.1) is 0 Å². The van der Waals surface area contributed by atoms with Crippen molar-refractivity contribution in [2.24, 2.45) is 0 Å². The number of hydrogen-bond acceptors (Lipinski definition) is 6. The Balaban J connectivity index is 2.02. The van der Waals surface area contributed by atoms with Gasteiger partial charge < -0.3 is 15.0 Å². The Labute approximate surface area is 159 Å². The number of amides is 1. The summed E-state index contributed by atoms with van der Waals surface area (Å²) >= 11 is 0. The first-order valence-electron chi connectivity index (χ1n) is 8.80. The van der Waals surface area contributed by atoms with Crippen molar-refractivity contribution >= 4 is 38.4 Å². The van der Waals surface area contributed by atoms with Crippen LogP contribution in [-0.4, -0.2) is 36.6 Å². The molecular weight excluding hydrogens is 391 g/mol. The van der Waals surface area contributed by atoms with E-state index in [2.05, 4.69) is 5.32 Å². The SMILES string of the molecule is CC(C)Nc1cc2c(F)c(N3CC(=O)NS3(=O)=O)c(O)cc2n(C2CC2)c1=O. The van der Waals surface area contributed by atoms with E-state index in [4.69, 9.17) is 0 Å². The van der Waals surface area contributed by atoms with E-state index in [9.17, 15) is 23.1 Å². The third kappa shape index (κ3) is 2.86. The van der Waals surface area contributed by atoms with Gasteiger partial charge in [0.15, 0.2) is 5.82 Å². The standard InChI is InChI=1S/C17H19FN4O5S/c1-8(2)19-11-5-10-12(22(17(11)25)9-3-4-9)6-13(23)16(15(10)18)21-7-14(24)20-28(21,26)27/h5-6,8-9,19,23H,3-4,7H2,1-2H3,(H,20,24). The minimum Gasteiger partial charge on any atom is -0.506 e. The molecule has 2 heterocycles. The van der Waals surface area contributed by atoms with Gasteiger partial charge in [-0.05, 0) is 32.8 Å². The van der Waals surface area contributed by atoms with Crippen LogP contribution in [0.5, 0.6) is 5.75 Å². The Morgan fingerprint density at radius 2 is 1.96 bits per heavy atom. The maximum absolute atomic E-state index is 15.4. The van der Waals surface area contributed by atoms with Crippen molar-refractivity contribution < 1.29 is 22.7 Å². The number of phenolic OH excluding ortho intramolecular Hbond substituents is 1. The topological polar surface area (TPSA) is 121 Å². The molecule has 0 atom stereocenters. The van der Waals surface area contributed by atoms with E-state index in [1.165, 1.54) is 16.7 Å². The fourth-order valence-corrected chi connectivity index (χ4v) is 4.57. The monoisotopic (exact) mass is 410 g/mol. The molecule has 1 aliphatic carbocycles. The highest BCUT2D eigenvalue weighted by Gasteiger charge is 2.38. The zero-order valence-electron chi connectivity index (χ0n) is 15.2. The first kappa shape index (κ1) is 18.5. The molecule has 1 saturated heterocycles. The van der Waals surface area contributed by atoms with Crippen molar-refractivity contribution in [1.29, 1.82) is 0 Å². The normalized spacial score (nSPS) is 18.7. The molecule has 0 unspecified atom stereocenters. The molecule has 9 nitrogen and oxygen atoms in total. The van der Waals surface area contributed by atoms with Crippen LogP contribution in [0.2, 0.25) is 0 Å². The van der Waals surface area contributed by atoms with Crippen LogP contribution in [0.3, 0.4) is 0 Å². The van der Waals surface area contributed by atoms with Crippen LogP contribution in [0.15, 0.2) is 16.9 Å². The maximum Gasteiger partial charge on any atom is 0.326 e. The predicted molar refractivity (Wildman–Crippen MR) is 101 cm³/mol. The molecule has 150 valence electrons. The molecule has 1 aliphatic heterocycles. The highest BCUT2D eigenvalue weighted by molar-refractivity contribution is 7.92. The van der Waals surface area contributed by atoms with Crippen molar-refractivity contribution in [1.82, 2.24) is 9.29 Å². The lowest BCUT2D eigenvalue weighted by Crippen LogP contribution is -2.30. The molecule has 1 aromatic heterocycles. The summed E-state index contributed by atoms with van der Waals surface area (Å²) < 4.78 is 43.3. The van der Waals surface area contributed by atoms with Gasteiger partial charge in [-0.1, -0.05) is 0 Å². The molecule has 0 bridgehead atoms. The summed E-state index contributed by atoms with van der Waals surface area (Å²) in [4.78, 5) is 24.4. The number of pyridine rings is 1. The Hall–Kier alpha value is -2.82. The fourth-order valence-electron chi connectivity index (χ4n) is 3.40. The molecule has 1 aromatic carbocycles. The minimum absolute atomic E-state index is 0.0167. The van der Waals surface area contributed by atoms with Crippen LogP contribution >= 0.6 is 0 Å². The molecule has 0 radical (unpaired) electrons. The van der Waals surface area contributed by atoms with Gasteiger partial charge >= 0.3 is 10.2 Å². The van der Waals surface area contributed by atoms with Crippen molar-refractivity contribution in [3.8, 4) is 5.75 Å². The van der Waals surface area contributed by atoms with Gasteiger partial charge in [-0.3, -0.25) is 9.59 Å². The van der Waals surface area contributed by atoms with Gasteiger partial charge in [0.05, 0.1) is 5.52 Å². The zero-order valence-corrected chi connectivity index (χ0v) is 16.0. The molecule has 11 heteroatoms. The summed E-state index contributed by atoms with van der Waals surface area (Å²) in [5.74, 6) is -2.51. The van der Waals surface area contributed by atoms with Crippen LogP contribution < -0.4 is 19.9 Å². The average Bonchev–Trinajstić information content (AvgIpc) is 3.35. The molecule has 0 spiro atoms. The lowest BCUT2D eigenvalue weighted by molar-refractivity contribution is -0.117. The number of nitrogens with zero attached hydrogens (tertiary/aromatic N) is 2. The second kappa shape index (κ2) is 6.09. The predicted octanol–water partition coefficient (Wildman–Crippen LogP) is 1.18. The Morgan fingerprint density at radius 1 is 1.29 bits per heavy atom. The number of nitrogens with one attached hydrogen (secondary N) is 2. The van der Waals surface area contributed by atoms with Gasteiger partial charge in [0.25, 0.3) is 11.5 Å². The number of phenols is 1. The highest BCUT2D eigenvalue weighted by Crippen LogP contribution is 2.42. The summed E-state index contributed by atoms with van der Waals surface area (Å²) in [7, 11) is -4.30. The zero-order chi connectivity index (χ0) is 20.4. The average molecular weight is 410 g/mol. The Bertz CT molecular complexity index is 1170. The van der Waals surface area contributed by atoms with E-state index in [0.717, 1.165) is 12.8 Å². The largest absolute Gasteiger partial charge is 0.506 e. The third-order valence-electron chi connectivity index (χ3n) is 4.66. The van der Waals surface area contributed by atoms with Gasteiger partial charge in [0.1, 0.15) is 23.7 Å². The van der Waals surface area contributed by atoms with E-state index in [0.29, 0.717) is 4.31 Å². The molecule has 2 aliphatic rings. The Morgan fingerprint density at radius 3 is 2.50 bits per heavy atom. The van der Waals surface area contributed by atoms with E-state index < -0.39 is 39.9 Å². The number of aromatic nitrogens is 1. The van der Waals surface area contributed by atoms with E-state index in [1.54, 1.807) is 4.72 Å². The molecule has 2 fully saturated rings. The van der Waals surface area contributed by atoms with E-state index in [-0.39, 0.29) is 34.2 Å². The second-order valence-corrected chi connectivity index (χ2v) is 8.89. The molecule has 2 aromatic rings. The third-order valence-corrected chi connectivity index (χ3v) is 6.04. The molecule has 1 amide bonds. The molecule has 1 saturated carbocycles. The van der Waals surface area contributed by atoms with Crippen molar-refractivity contribution in [3.05, 3.63) is 28.3 Å². The summed E-state index contributed by atoms with van der Waals surface area (Å²) in [5.41, 5.74) is -0.594. The number of anilines is 2. The number of benzene rings is 1. The van der Waals surface area contributed by atoms with Crippen LogP contribution in [0.4, 0.5) is 15.8 Å². The first-order valence-corrected chi connectivity index (χ1v) is 10.2. The Kier molecular flexibility index (Phi) is 4.03.